The van der Waals surface area contributed by atoms with E-state index in [4.69, 9.17) is 0 Å². The summed E-state index contributed by atoms with van der Waals surface area (Å²) in [5.74, 6) is 0.762. The minimum atomic E-state index is -0.316. The topological polar surface area (TPSA) is 82.2 Å². The second-order valence-corrected chi connectivity index (χ2v) is 6.10. The van der Waals surface area contributed by atoms with Crippen LogP contribution in [0.2, 0.25) is 0 Å². The molecular formula is C17H21N5O2. The van der Waals surface area contributed by atoms with Crippen LogP contribution in [0.5, 0.6) is 0 Å². The van der Waals surface area contributed by atoms with Crippen molar-refractivity contribution >= 4 is 11.7 Å². The first-order valence-corrected chi connectivity index (χ1v) is 8.06. The van der Waals surface area contributed by atoms with Crippen LogP contribution >= 0.6 is 0 Å². The standard InChI is InChI=1S/C17H21N5O2/c1-12-5-3-7-15(18-12)22-10-4-6-13(11-22)21(2)17(24)14-8-9-16(23)20-19-14/h3,5,7-9,13H,4,6,10-11H2,1-2H3,(H,20,23). The van der Waals surface area contributed by atoms with Crippen LogP contribution in [0.1, 0.15) is 29.0 Å². The lowest BCUT2D eigenvalue weighted by Crippen LogP contribution is -2.49. The average molecular weight is 327 g/mol. The molecule has 1 atom stereocenters. The molecule has 7 heteroatoms. The van der Waals surface area contributed by atoms with E-state index >= 15 is 0 Å². The van der Waals surface area contributed by atoms with Crippen molar-refractivity contribution in [3.63, 3.8) is 0 Å². The van der Waals surface area contributed by atoms with E-state index < -0.39 is 0 Å². The Hall–Kier alpha value is -2.70. The van der Waals surface area contributed by atoms with E-state index in [2.05, 4.69) is 20.1 Å². The molecule has 1 aliphatic heterocycles. The monoisotopic (exact) mass is 327 g/mol. The smallest absolute Gasteiger partial charge is 0.274 e. The summed E-state index contributed by atoms with van der Waals surface area (Å²) >= 11 is 0. The molecule has 1 fully saturated rings. The number of hydrogen-bond acceptors (Lipinski definition) is 5. The zero-order valence-corrected chi connectivity index (χ0v) is 13.9. The highest BCUT2D eigenvalue weighted by molar-refractivity contribution is 5.92. The van der Waals surface area contributed by atoms with Gasteiger partial charge in [-0.1, -0.05) is 6.07 Å². The molecule has 2 aromatic heterocycles. The number of pyridine rings is 1. The average Bonchev–Trinajstić information content (AvgIpc) is 2.61. The van der Waals surface area contributed by atoms with Gasteiger partial charge in [-0.2, -0.15) is 5.10 Å². The molecule has 1 saturated heterocycles. The number of rotatable bonds is 3. The highest BCUT2D eigenvalue weighted by Gasteiger charge is 2.28. The van der Waals surface area contributed by atoms with E-state index in [1.807, 2.05) is 25.1 Å². The van der Waals surface area contributed by atoms with Crippen molar-refractivity contribution in [2.45, 2.75) is 25.8 Å². The minimum Gasteiger partial charge on any atom is -0.355 e. The number of aromatic nitrogens is 3. The number of hydrogen-bond donors (Lipinski definition) is 1. The van der Waals surface area contributed by atoms with Gasteiger partial charge in [0.2, 0.25) is 0 Å². The third-order valence-electron chi connectivity index (χ3n) is 4.36. The molecule has 24 heavy (non-hydrogen) atoms. The lowest BCUT2D eigenvalue weighted by atomic mass is 10.0. The van der Waals surface area contributed by atoms with Gasteiger partial charge in [-0.25, -0.2) is 10.1 Å². The minimum absolute atomic E-state index is 0.0855. The molecule has 1 aliphatic rings. The molecule has 1 amide bonds. The quantitative estimate of drug-likeness (QED) is 0.916. The second-order valence-electron chi connectivity index (χ2n) is 6.10. The van der Waals surface area contributed by atoms with Crippen LogP contribution in [0, 0.1) is 6.92 Å². The van der Waals surface area contributed by atoms with Gasteiger partial charge in [-0.05, 0) is 38.0 Å². The van der Waals surface area contributed by atoms with Crippen molar-refractivity contribution in [1.82, 2.24) is 20.1 Å². The summed E-state index contributed by atoms with van der Waals surface area (Å²) in [6.45, 7) is 3.65. The number of carbonyl (C=O) groups excluding carboxylic acids is 1. The summed E-state index contributed by atoms with van der Waals surface area (Å²) in [4.78, 5) is 32.1. The largest absolute Gasteiger partial charge is 0.355 e. The van der Waals surface area contributed by atoms with E-state index in [1.165, 1.54) is 12.1 Å². The maximum atomic E-state index is 12.6. The molecule has 0 bridgehead atoms. The summed E-state index contributed by atoms with van der Waals surface area (Å²) in [5.41, 5.74) is 0.919. The second kappa shape index (κ2) is 6.82. The number of anilines is 1. The fourth-order valence-corrected chi connectivity index (χ4v) is 2.99. The van der Waals surface area contributed by atoms with Gasteiger partial charge < -0.3 is 9.80 Å². The number of nitrogens with zero attached hydrogens (tertiary/aromatic N) is 4. The van der Waals surface area contributed by atoms with Crippen molar-refractivity contribution in [3.8, 4) is 0 Å². The first-order valence-electron chi connectivity index (χ1n) is 8.06. The number of aryl methyl sites for hydroxylation is 1. The van der Waals surface area contributed by atoms with Crippen molar-refractivity contribution in [1.29, 1.82) is 0 Å². The Balaban J connectivity index is 1.73. The lowest BCUT2D eigenvalue weighted by molar-refractivity contribution is 0.0710. The molecule has 2 aromatic rings. The summed E-state index contributed by atoms with van der Waals surface area (Å²) in [6, 6.07) is 8.84. The molecule has 0 radical (unpaired) electrons. The maximum absolute atomic E-state index is 12.6. The van der Waals surface area contributed by atoms with Crippen molar-refractivity contribution in [3.05, 3.63) is 52.1 Å². The maximum Gasteiger partial charge on any atom is 0.274 e. The number of nitrogens with one attached hydrogen (secondary N) is 1. The van der Waals surface area contributed by atoms with Gasteiger partial charge in [-0.15, -0.1) is 0 Å². The summed E-state index contributed by atoms with van der Waals surface area (Å²) in [5, 5.41) is 6.13. The molecule has 3 heterocycles. The first kappa shape index (κ1) is 16.2. The van der Waals surface area contributed by atoms with E-state index in [0.29, 0.717) is 0 Å². The van der Waals surface area contributed by atoms with Gasteiger partial charge in [0.05, 0.1) is 0 Å². The Bertz CT molecular complexity index is 768. The molecule has 0 spiro atoms. The molecule has 1 N–H and O–H groups in total. The van der Waals surface area contributed by atoms with E-state index in [0.717, 1.165) is 37.4 Å². The highest BCUT2D eigenvalue weighted by atomic mass is 16.2. The highest BCUT2D eigenvalue weighted by Crippen LogP contribution is 2.21. The van der Waals surface area contributed by atoms with Gasteiger partial charge in [0.15, 0.2) is 0 Å². The molecule has 1 unspecified atom stereocenters. The van der Waals surface area contributed by atoms with Gasteiger partial charge in [0.1, 0.15) is 11.5 Å². The van der Waals surface area contributed by atoms with Crippen LogP contribution in [0.4, 0.5) is 5.82 Å². The Morgan fingerprint density at radius 3 is 2.88 bits per heavy atom. The predicted octanol–water partition coefficient (Wildman–Crippen LogP) is 1.21. The Morgan fingerprint density at radius 2 is 2.17 bits per heavy atom. The van der Waals surface area contributed by atoms with Crippen molar-refractivity contribution in [2.75, 3.05) is 25.0 Å². The van der Waals surface area contributed by atoms with Crippen LogP contribution < -0.4 is 10.5 Å². The molecule has 126 valence electrons. The predicted molar refractivity (Wildman–Crippen MR) is 91.2 cm³/mol. The Labute approximate surface area is 140 Å². The summed E-state index contributed by atoms with van der Waals surface area (Å²) in [6.07, 6.45) is 1.94. The fraction of sp³-hybridized carbons (Fsp3) is 0.412. The zero-order chi connectivity index (χ0) is 17.1. The van der Waals surface area contributed by atoms with Gasteiger partial charge in [0.25, 0.3) is 11.5 Å². The SMILES string of the molecule is Cc1cccc(N2CCCC(N(C)C(=O)c3ccc(=O)[nH]n3)C2)n1. The van der Waals surface area contributed by atoms with Crippen LogP contribution in [-0.4, -0.2) is 52.2 Å². The van der Waals surface area contributed by atoms with Gasteiger partial charge in [0, 0.05) is 37.9 Å². The van der Waals surface area contributed by atoms with E-state index in [1.54, 1.807) is 11.9 Å². The van der Waals surface area contributed by atoms with E-state index in [-0.39, 0.29) is 23.2 Å². The number of piperidine rings is 1. The molecular weight excluding hydrogens is 306 g/mol. The molecule has 0 saturated carbocycles. The number of likely N-dealkylation sites (N-methyl/N-ethyl adjacent to an activating group) is 1. The molecule has 3 rings (SSSR count). The molecule has 7 nitrogen and oxygen atoms in total. The third-order valence-corrected chi connectivity index (χ3v) is 4.36. The normalized spacial score (nSPS) is 17.6. The van der Waals surface area contributed by atoms with Crippen molar-refractivity contribution < 1.29 is 4.79 Å². The van der Waals surface area contributed by atoms with Crippen molar-refractivity contribution in [2.24, 2.45) is 0 Å². The number of H-pyrrole nitrogens is 1. The van der Waals surface area contributed by atoms with Gasteiger partial charge >= 0.3 is 0 Å². The summed E-state index contributed by atoms with van der Waals surface area (Å²) < 4.78 is 0. The molecule has 0 aliphatic carbocycles. The van der Waals surface area contributed by atoms with Crippen LogP contribution in [0.15, 0.2) is 35.1 Å². The van der Waals surface area contributed by atoms with Crippen LogP contribution in [0.25, 0.3) is 0 Å². The third kappa shape index (κ3) is 3.45. The van der Waals surface area contributed by atoms with Gasteiger partial charge in [-0.3, -0.25) is 9.59 Å². The number of carbonyl (C=O) groups is 1. The van der Waals surface area contributed by atoms with E-state index in [9.17, 15) is 9.59 Å². The van der Waals surface area contributed by atoms with Crippen LogP contribution in [0.3, 0.4) is 0 Å². The van der Waals surface area contributed by atoms with Crippen LogP contribution in [-0.2, 0) is 0 Å². The Kier molecular flexibility index (Phi) is 4.59. The fourth-order valence-electron chi connectivity index (χ4n) is 2.99. The first-order chi connectivity index (χ1) is 11.5. The molecule has 0 aromatic carbocycles. The lowest BCUT2D eigenvalue weighted by Gasteiger charge is -2.38. The number of amides is 1. The zero-order valence-electron chi connectivity index (χ0n) is 13.9. The number of aromatic amines is 1. The summed E-state index contributed by atoms with van der Waals surface area (Å²) in [7, 11) is 1.78. The Morgan fingerprint density at radius 1 is 1.33 bits per heavy atom.